The van der Waals surface area contributed by atoms with Crippen molar-refractivity contribution in [3.63, 3.8) is 0 Å². The van der Waals surface area contributed by atoms with Crippen LogP contribution in [0.5, 0.6) is 0 Å². The molecule has 0 aliphatic rings. The van der Waals surface area contributed by atoms with Gasteiger partial charge in [0.25, 0.3) is 0 Å². The first-order valence-corrected chi connectivity index (χ1v) is 21.2. The maximum absolute atomic E-state index is 3.50. The Hall–Kier alpha value is -3.75. The quantitative estimate of drug-likeness (QED) is 0.154. The summed E-state index contributed by atoms with van der Waals surface area (Å²) in [6.07, 6.45) is 0. The van der Waals surface area contributed by atoms with Gasteiger partial charge < -0.3 is 0 Å². The van der Waals surface area contributed by atoms with E-state index in [4.69, 9.17) is 0 Å². The van der Waals surface area contributed by atoms with Crippen LogP contribution in [-0.2, 0) is 35.1 Å². The van der Waals surface area contributed by atoms with E-state index in [1.165, 1.54) is 93.5 Å². The Morgan fingerprint density at radius 1 is 0.481 bits per heavy atom. The SMILES string of the molecule is Brc1cccc([C](=[Zr+2])c2cccc(Br)c2)c1.CC(C)(C)c1cc2c(cc1-c1ccccc1)[cH-]c1cc(-c3ccccc3)c(C(C)(C)C)cc12.c1cc[cH-]c1. The average molecular weight is 910 g/mol. The zero-order valence-corrected chi connectivity index (χ0v) is 37.6. The fourth-order valence-electron chi connectivity index (χ4n) is 6.84. The largest absolute Gasteiger partial charge is 0.214 e. The van der Waals surface area contributed by atoms with Gasteiger partial charge in [-0.15, -0.1) is 39.7 Å². The summed E-state index contributed by atoms with van der Waals surface area (Å²) >= 11 is 8.43. The molecule has 0 aliphatic heterocycles. The molecule has 54 heavy (non-hydrogen) atoms. The summed E-state index contributed by atoms with van der Waals surface area (Å²) in [7, 11) is 0. The predicted octanol–water partition coefficient (Wildman–Crippen LogP) is 15.4. The van der Waals surface area contributed by atoms with Crippen molar-refractivity contribution in [1.29, 1.82) is 0 Å². The average Bonchev–Trinajstić information content (AvgIpc) is 3.86. The van der Waals surface area contributed by atoms with Crippen molar-refractivity contribution in [3.05, 3.63) is 201 Å². The van der Waals surface area contributed by atoms with Crippen LogP contribution in [0.2, 0.25) is 0 Å². The Morgan fingerprint density at radius 3 is 1.22 bits per heavy atom. The fraction of sp³-hybridized carbons (Fsp3) is 0.157. The molecule has 0 aromatic heterocycles. The third kappa shape index (κ3) is 9.73. The number of hydrogen-bond donors (Lipinski definition) is 0. The summed E-state index contributed by atoms with van der Waals surface area (Å²) in [5, 5.41) is 5.36. The molecule has 8 aromatic carbocycles. The van der Waals surface area contributed by atoms with E-state index < -0.39 is 0 Å². The first-order valence-electron chi connectivity index (χ1n) is 18.4. The van der Waals surface area contributed by atoms with Gasteiger partial charge >= 0.3 is 128 Å². The van der Waals surface area contributed by atoms with Crippen molar-refractivity contribution in [2.45, 2.75) is 52.4 Å². The summed E-state index contributed by atoms with van der Waals surface area (Å²) in [5.74, 6) is 0. The molecule has 0 saturated carbocycles. The zero-order chi connectivity index (χ0) is 38.5. The van der Waals surface area contributed by atoms with Crippen molar-refractivity contribution >= 4 is 56.6 Å². The van der Waals surface area contributed by atoms with Crippen LogP contribution in [0, 0.1) is 0 Å². The minimum Gasteiger partial charge on any atom is -0.214 e. The van der Waals surface area contributed by atoms with E-state index in [1.54, 1.807) is 0 Å². The second-order valence-electron chi connectivity index (χ2n) is 15.7. The smallest absolute Gasteiger partial charge is 0.0139 e. The molecular weight excluding hydrogens is 864 g/mol. The van der Waals surface area contributed by atoms with Gasteiger partial charge in [-0.05, 0) is 44.2 Å². The van der Waals surface area contributed by atoms with Crippen LogP contribution in [0.25, 0.3) is 43.8 Å². The van der Waals surface area contributed by atoms with Gasteiger partial charge in [-0.2, -0.15) is 18.2 Å². The van der Waals surface area contributed by atoms with Crippen LogP contribution >= 0.6 is 31.9 Å². The molecule has 0 atom stereocenters. The van der Waals surface area contributed by atoms with Crippen LogP contribution in [0.3, 0.4) is 0 Å². The second-order valence-corrected chi connectivity index (χ2v) is 18.8. The second kappa shape index (κ2) is 17.4. The van der Waals surface area contributed by atoms with E-state index in [2.05, 4.69) is 201 Å². The molecule has 0 fully saturated rings. The molecule has 0 unspecified atom stereocenters. The molecule has 0 heterocycles. The Bertz CT molecular complexity index is 2300. The summed E-state index contributed by atoms with van der Waals surface area (Å²) in [6, 6.07) is 60.6. The summed E-state index contributed by atoms with van der Waals surface area (Å²) < 4.78 is 3.62. The van der Waals surface area contributed by atoms with Crippen LogP contribution in [0.4, 0.5) is 0 Å². The van der Waals surface area contributed by atoms with Crippen LogP contribution in [0.1, 0.15) is 63.8 Å². The summed E-state index contributed by atoms with van der Waals surface area (Å²) in [6.45, 7) is 13.9. The van der Waals surface area contributed by atoms with E-state index >= 15 is 0 Å². The number of hydrogen-bond acceptors (Lipinski definition) is 0. The predicted molar refractivity (Wildman–Crippen MR) is 239 cm³/mol. The normalized spacial score (nSPS) is 11.4. The Morgan fingerprint density at radius 2 is 0.889 bits per heavy atom. The fourth-order valence-corrected chi connectivity index (χ4v) is 8.40. The molecule has 0 aliphatic carbocycles. The molecule has 0 spiro atoms. The number of benzene rings is 6. The Kier molecular flexibility index (Phi) is 12.8. The third-order valence-electron chi connectivity index (χ3n) is 9.55. The van der Waals surface area contributed by atoms with Crippen molar-refractivity contribution < 1.29 is 24.2 Å². The Labute approximate surface area is 353 Å². The molecule has 0 nitrogen and oxygen atoms in total. The minimum atomic E-state index is 0.0554. The first-order chi connectivity index (χ1) is 25.8. The van der Waals surface area contributed by atoms with E-state index in [-0.39, 0.29) is 10.8 Å². The monoisotopic (exact) mass is 906 g/mol. The standard InChI is InChI=1S/C33H33.C13H8Br2.C5H5.Zr/c1-32(2,3)30-20-26-24(18-28(30)22-13-9-7-10-14-22)17-25-19-29(23-15-11-8-12-16-23)31(21-27(25)26)33(4,5)6;14-12-5-1-3-10(8-12)7-11-4-2-6-13(15)9-11;1-2-4-5-3-1;/h7-21H,1-6H3;1-6,8-9H;1-5H;/q-1;;-1;+2. The summed E-state index contributed by atoms with van der Waals surface area (Å²) in [5.41, 5.74) is 10.7. The van der Waals surface area contributed by atoms with Crippen LogP contribution < -0.4 is 0 Å². The van der Waals surface area contributed by atoms with E-state index in [9.17, 15) is 0 Å². The topological polar surface area (TPSA) is 0 Å². The van der Waals surface area contributed by atoms with Gasteiger partial charge in [0, 0.05) is 0 Å². The molecule has 3 heteroatoms. The van der Waals surface area contributed by atoms with E-state index in [0.29, 0.717) is 0 Å². The first kappa shape index (κ1) is 39.9. The molecule has 268 valence electrons. The van der Waals surface area contributed by atoms with Gasteiger partial charge in [0.15, 0.2) is 0 Å². The molecular formula is C51H46Br2Zr. The van der Waals surface area contributed by atoms with Gasteiger partial charge in [0.1, 0.15) is 0 Å². The molecule has 8 rings (SSSR count). The zero-order valence-electron chi connectivity index (χ0n) is 31.9. The molecule has 0 amide bonds. The molecule has 0 N–H and O–H groups in total. The van der Waals surface area contributed by atoms with Crippen molar-refractivity contribution in [2.75, 3.05) is 0 Å². The van der Waals surface area contributed by atoms with Crippen molar-refractivity contribution in [3.8, 4) is 22.3 Å². The molecule has 0 saturated heterocycles. The van der Waals surface area contributed by atoms with Gasteiger partial charge in [-0.25, -0.2) is 12.1 Å². The van der Waals surface area contributed by atoms with Gasteiger partial charge in [-0.1, -0.05) is 114 Å². The molecule has 0 radical (unpaired) electrons. The molecule has 0 bridgehead atoms. The van der Waals surface area contributed by atoms with Gasteiger partial charge in [-0.3, -0.25) is 0 Å². The number of halogens is 2. The third-order valence-corrected chi connectivity index (χ3v) is 12.0. The van der Waals surface area contributed by atoms with Crippen molar-refractivity contribution in [1.82, 2.24) is 0 Å². The number of fused-ring (bicyclic) bond motifs is 3. The molecule has 8 aromatic rings. The number of rotatable bonds is 4. The maximum atomic E-state index is 3.50. The van der Waals surface area contributed by atoms with Crippen molar-refractivity contribution in [2.24, 2.45) is 0 Å². The van der Waals surface area contributed by atoms with E-state index in [1.807, 2.05) is 42.5 Å². The Balaban J connectivity index is 0.000000195. The van der Waals surface area contributed by atoms with Crippen LogP contribution in [0.15, 0.2) is 179 Å². The van der Waals surface area contributed by atoms with E-state index in [0.717, 1.165) is 8.95 Å². The van der Waals surface area contributed by atoms with Gasteiger partial charge in [0.2, 0.25) is 0 Å². The maximum Gasteiger partial charge on any atom is -0.0139 e. The summed E-state index contributed by atoms with van der Waals surface area (Å²) in [4.78, 5) is 0. The minimum absolute atomic E-state index is 0.0554. The van der Waals surface area contributed by atoms with Gasteiger partial charge in [0.05, 0.1) is 0 Å². The van der Waals surface area contributed by atoms with Crippen LogP contribution in [-0.4, -0.2) is 3.21 Å².